The van der Waals surface area contributed by atoms with Crippen molar-refractivity contribution in [2.75, 3.05) is 23.3 Å². The summed E-state index contributed by atoms with van der Waals surface area (Å²) in [4.78, 5) is 17.4. The Bertz CT molecular complexity index is 667. The number of aromatic nitrogens is 1. The van der Waals surface area contributed by atoms with Crippen LogP contribution in [0, 0.1) is 0 Å². The van der Waals surface area contributed by atoms with Gasteiger partial charge in [-0.1, -0.05) is 18.2 Å². The van der Waals surface area contributed by atoms with Gasteiger partial charge in [0.25, 0.3) is 0 Å². The fourth-order valence-electron chi connectivity index (χ4n) is 3.10. The van der Waals surface area contributed by atoms with Gasteiger partial charge in [-0.05, 0) is 49.1 Å². The molecule has 1 aliphatic rings. The Hall–Kier alpha value is -2.56. The molecule has 0 unspecified atom stereocenters. The van der Waals surface area contributed by atoms with Crippen LogP contribution in [0.2, 0.25) is 0 Å². The van der Waals surface area contributed by atoms with Crippen molar-refractivity contribution < 1.29 is 9.90 Å². The van der Waals surface area contributed by atoms with Gasteiger partial charge >= 0.3 is 5.97 Å². The topological polar surface area (TPSA) is 65.5 Å². The maximum absolute atomic E-state index is 10.7. The maximum Gasteiger partial charge on any atom is 0.303 e. The molecule has 2 heterocycles. The maximum atomic E-state index is 10.7. The van der Waals surface area contributed by atoms with E-state index in [9.17, 15) is 4.79 Å². The largest absolute Gasteiger partial charge is 0.481 e. The summed E-state index contributed by atoms with van der Waals surface area (Å²) in [7, 11) is 0. The van der Waals surface area contributed by atoms with Crippen LogP contribution in [0.4, 0.5) is 11.5 Å². The number of aliphatic carboxylic acids is 1. The minimum absolute atomic E-state index is 0.173. The number of rotatable bonds is 6. The van der Waals surface area contributed by atoms with Gasteiger partial charge in [0.05, 0.1) is 0 Å². The van der Waals surface area contributed by atoms with E-state index in [4.69, 9.17) is 5.11 Å². The second-order valence-corrected chi connectivity index (χ2v) is 6.19. The Morgan fingerprint density at radius 1 is 1.21 bits per heavy atom. The number of benzene rings is 1. The van der Waals surface area contributed by atoms with Crippen molar-refractivity contribution in [1.82, 2.24) is 4.98 Å². The van der Waals surface area contributed by atoms with E-state index >= 15 is 0 Å². The highest BCUT2D eigenvalue weighted by atomic mass is 16.4. The molecule has 1 aromatic carbocycles. The first-order valence-corrected chi connectivity index (χ1v) is 8.44. The van der Waals surface area contributed by atoms with E-state index in [2.05, 4.69) is 33.4 Å². The van der Waals surface area contributed by atoms with Crippen LogP contribution in [0.5, 0.6) is 0 Å². The lowest BCUT2D eigenvalue weighted by atomic mass is 10.0. The van der Waals surface area contributed by atoms with Crippen LogP contribution in [0.25, 0.3) is 0 Å². The van der Waals surface area contributed by atoms with Crippen LogP contribution in [-0.4, -0.2) is 35.2 Å². The molecule has 0 bridgehead atoms. The van der Waals surface area contributed by atoms with Crippen LogP contribution in [0.15, 0.2) is 48.7 Å². The van der Waals surface area contributed by atoms with Gasteiger partial charge in [-0.15, -0.1) is 0 Å². The molecular weight excluding hydrogens is 302 g/mol. The third-order valence-electron chi connectivity index (χ3n) is 4.39. The van der Waals surface area contributed by atoms with E-state index in [1.807, 2.05) is 30.5 Å². The Balaban J connectivity index is 1.52. The van der Waals surface area contributed by atoms with Crippen LogP contribution in [-0.2, 0) is 11.2 Å². The minimum Gasteiger partial charge on any atom is -0.481 e. The standard InChI is InChI=1S/C19H23N3O2/c23-19(24)8-7-15-4-3-5-17(14-15)21-16-9-12-22(13-10-16)18-6-1-2-11-20-18/h1-6,11,14,16,21H,7-10,12-13H2,(H,23,24). The molecule has 24 heavy (non-hydrogen) atoms. The Morgan fingerprint density at radius 2 is 2.04 bits per heavy atom. The zero-order chi connectivity index (χ0) is 16.8. The van der Waals surface area contributed by atoms with Gasteiger partial charge in [-0.2, -0.15) is 0 Å². The lowest BCUT2D eigenvalue weighted by molar-refractivity contribution is -0.136. The zero-order valence-electron chi connectivity index (χ0n) is 13.7. The molecule has 1 aliphatic heterocycles. The van der Waals surface area contributed by atoms with E-state index < -0.39 is 5.97 Å². The normalized spacial score (nSPS) is 15.2. The van der Waals surface area contributed by atoms with Crippen molar-refractivity contribution in [2.45, 2.75) is 31.7 Å². The van der Waals surface area contributed by atoms with Crippen molar-refractivity contribution in [2.24, 2.45) is 0 Å². The van der Waals surface area contributed by atoms with Crippen molar-refractivity contribution >= 4 is 17.5 Å². The zero-order valence-corrected chi connectivity index (χ0v) is 13.7. The number of carboxylic acids is 1. The van der Waals surface area contributed by atoms with Crippen molar-refractivity contribution in [3.63, 3.8) is 0 Å². The number of nitrogens with one attached hydrogen (secondary N) is 1. The molecule has 3 rings (SSSR count). The molecule has 0 amide bonds. The van der Waals surface area contributed by atoms with Crippen LogP contribution >= 0.6 is 0 Å². The van der Waals surface area contributed by atoms with E-state index in [0.717, 1.165) is 43.0 Å². The SMILES string of the molecule is O=C(O)CCc1cccc(NC2CCN(c3ccccn3)CC2)c1. The van der Waals surface area contributed by atoms with Crippen LogP contribution in [0.1, 0.15) is 24.8 Å². The molecule has 2 N–H and O–H groups in total. The molecule has 0 spiro atoms. The summed E-state index contributed by atoms with van der Waals surface area (Å²) in [6.07, 6.45) is 4.71. The summed E-state index contributed by atoms with van der Waals surface area (Å²) in [5.41, 5.74) is 2.14. The summed E-state index contributed by atoms with van der Waals surface area (Å²) in [5.74, 6) is 0.293. The van der Waals surface area contributed by atoms with Gasteiger partial charge in [0, 0.05) is 37.4 Å². The lowest BCUT2D eigenvalue weighted by Crippen LogP contribution is -2.39. The number of anilines is 2. The molecular formula is C19H23N3O2. The van der Waals surface area contributed by atoms with Gasteiger partial charge in [0.15, 0.2) is 0 Å². The predicted octanol–water partition coefficient (Wildman–Crippen LogP) is 3.18. The van der Waals surface area contributed by atoms with Crippen LogP contribution < -0.4 is 10.2 Å². The van der Waals surface area contributed by atoms with E-state index in [0.29, 0.717) is 12.5 Å². The monoisotopic (exact) mass is 325 g/mol. The van der Waals surface area contributed by atoms with Gasteiger partial charge in [-0.3, -0.25) is 4.79 Å². The van der Waals surface area contributed by atoms with E-state index in [-0.39, 0.29) is 6.42 Å². The predicted molar refractivity (Wildman–Crippen MR) is 95.5 cm³/mol. The first kappa shape index (κ1) is 16.3. The first-order chi connectivity index (χ1) is 11.7. The highest BCUT2D eigenvalue weighted by Crippen LogP contribution is 2.21. The molecule has 0 radical (unpaired) electrons. The molecule has 5 heteroatoms. The Kier molecular flexibility index (Phi) is 5.31. The molecule has 0 saturated carbocycles. The highest BCUT2D eigenvalue weighted by molar-refractivity contribution is 5.67. The fraction of sp³-hybridized carbons (Fsp3) is 0.368. The van der Waals surface area contributed by atoms with Gasteiger partial charge < -0.3 is 15.3 Å². The third kappa shape index (κ3) is 4.47. The summed E-state index contributed by atoms with van der Waals surface area (Å²) in [5, 5.41) is 12.4. The molecule has 0 atom stereocenters. The van der Waals surface area contributed by atoms with E-state index in [1.165, 1.54) is 0 Å². The molecule has 0 aliphatic carbocycles. The van der Waals surface area contributed by atoms with Gasteiger partial charge in [-0.25, -0.2) is 4.98 Å². The number of nitrogens with zero attached hydrogens (tertiary/aromatic N) is 2. The number of carboxylic acid groups (broad SMARTS) is 1. The molecule has 1 saturated heterocycles. The van der Waals surface area contributed by atoms with E-state index in [1.54, 1.807) is 0 Å². The smallest absolute Gasteiger partial charge is 0.303 e. The average molecular weight is 325 g/mol. The quantitative estimate of drug-likeness (QED) is 0.854. The third-order valence-corrected chi connectivity index (χ3v) is 4.39. The van der Waals surface area contributed by atoms with Crippen molar-refractivity contribution in [3.8, 4) is 0 Å². The summed E-state index contributed by atoms with van der Waals surface area (Å²) >= 11 is 0. The van der Waals surface area contributed by atoms with Crippen molar-refractivity contribution in [1.29, 1.82) is 0 Å². The lowest BCUT2D eigenvalue weighted by Gasteiger charge is -2.33. The fourth-order valence-corrected chi connectivity index (χ4v) is 3.10. The molecule has 1 aromatic heterocycles. The number of hydrogen-bond acceptors (Lipinski definition) is 4. The number of carbonyl (C=O) groups is 1. The van der Waals surface area contributed by atoms with Crippen molar-refractivity contribution in [3.05, 3.63) is 54.2 Å². The second-order valence-electron chi connectivity index (χ2n) is 6.19. The summed E-state index contributed by atoms with van der Waals surface area (Å²) in [6, 6.07) is 14.5. The summed E-state index contributed by atoms with van der Waals surface area (Å²) < 4.78 is 0. The van der Waals surface area contributed by atoms with Crippen LogP contribution in [0.3, 0.4) is 0 Å². The number of piperidine rings is 1. The minimum atomic E-state index is -0.754. The second kappa shape index (κ2) is 7.81. The number of pyridine rings is 1. The number of hydrogen-bond donors (Lipinski definition) is 2. The van der Waals surface area contributed by atoms with Gasteiger partial charge in [0.1, 0.15) is 5.82 Å². The molecule has 2 aromatic rings. The average Bonchev–Trinajstić information content (AvgIpc) is 2.62. The summed E-state index contributed by atoms with van der Waals surface area (Å²) in [6.45, 7) is 1.99. The number of aryl methyl sites for hydroxylation is 1. The molecule has 126 valence electrons. The van der Waals surface area contributed by atoms with Gasteiger partial charge in [0.2, 0.25) is 0 Å². The first-order valence-electron chi connectivity index (χ1n) is 8.44. The Morgan fingerprint density at radius 3 is 2.75 bits per heavy atom. The Labute approximate surface area is 142 Å². The molecule has 1 fully saturated rings. The molecule has 5 nitrogen and oxygen atoms in total. The highest BCUT2D eigenvalue weighted by Gasteiger charge is 2.19.